The molecule has 2 N–H and O–H groups in total. The lowest BCUT2D eigenvalue weighted by Gasteiger charge is -2.09. The number of amides is 1. The Morgan fingerprint density at radius 2 is 2.36 bits per heavy atom. The maximum Gasteiger partial charge on any atom is 0.271 e. The highest BCUT2D eigenvalue weighted by Gasteiger charge is 2.27. The molecule has 1 aromatic rings. The number of hydrogen-bond acceptors (Lipinski definition) is 3. The SMILES string of the molecule is NC(=O)c1nccc(Br)c1OC1CC1. The van der Waals surface area contributed by atoms with Crippen LogP contribution >= 0.6 is 15.9 Å². The van der Waals surface area contributed by atoms with Crippen LogP contribution in [0.3, 0.4) is 0 Å². The van der Waals surface area contributed by atoms with Gasteiger partial charge in [0.1, 0.15) is 0 Å². The monoisotopic (exact) mass is 256 g/mol. The molecule has 0 unspecified atom stereocenters. The van der Waals surface area contributed by atoms with E-state index >= 15 is 0 Å². The van der Waals surface area contributed by atoms with Crippen molar-refractivity contribution in [2.24, 2.45) is 5.73 Å². The van der Waals surface area contributed by atoms with Crippen LogP contribution < -0.4 is 10.5 Å². The summed E-state index contributed by atoms with van der Waals surface area (Å²) < 4.78 is 6.25. The van der Waals surface area contributed by atoms with Crippen LogP contribution in [0.4, 0.5) is 0 Å². The standard InChI is InChI=1S/C9H9BrN2O2/c10-6-3-4-12-7(9(11)13)8(6)14-5-1-2-5/h3-5H,1-2H2,(H2,11,13). The van der Waals surface area contributed by atoms with Crippen molar-refractivity contribution in [3.05, 3.63) is 22.4 Å². The minimum absolute atomic E-state index is 0.186. The Morgan fingerprint density at radius 1 is 1.64 bits per heavy atom. The summed E-state index contributed by atoms with van der Waals surface area (Å²) in [5, 5.41) is 0. The Labute approximate surface area is 89.6 Å². The van der Waals surface area contributed by atoms with Gasteiger partial charge >= 0.3 is 0 Å². The highest BCUT2D eigenvalue weighted by Crippen LogP contribution is 2.33. The Hall–Kier alpha value is -1.10. The normalized spacial score (nSPS) is 15.2. The van der Waals surface area contributed by atoms with E-state index in [1.54, 1.807) is 6.07 Å². The van der Waals surface area contributed by atoms with E-state index in [1.165, 1.54) is 6.20 Å². The number of hydrogen-bond donors (Lipinski definition) is 1. The van der Waals surface area contributed by atoms with Crippen LogP contribution in [0, 0.1) is 0 Å². The van der Waals surface area contributed by atoms with Gasteiger partial charge in [0, 0.05) is 6.20 Å². The molecule has 0 spiro atoms. The fourth-order valence-corrected chi connectivity index (χ4v) is 1.46. The first-order valence-electron chi connectivity index (χ1n) is 4.29. The Morgan fingerprint density at radius 3 is 2.93 bits per heavy atom. The van der Waals surface area contributed by atoms with Gasteiger partial charge in [-0.05, 0) is 34.8 Å². The van der Waals surface area contributed by atoms with Gasteiger partial charge in [-0.15, -0.1) is 0 Å². The number of nitrogens with two attached hydrogens (primary N) is 1. The maximum absolute atomic E-state index is 11.0. The topological polar surface area (TPSA) is 65.2 Å². The first-order valence-corrected chi connectivity index (χ1v) is 5.08. The molecule has 0 aromatic carbocycles. The van der Waals surface area contributed by atoms with E-state index in [4.69, 9.17) is 10.5 Å². The van der Waals surface area contributed by atoms with Crippen molar-refractivity contribution in [3.63, 3.8) is 0 Å². The van der Waals surface area contributed by atoms with Crippen LogP contribution in [0.1, 0.15) is 23.3 Å². The number of pyridine rings is 1. The smallest absolute Gasteiger partial charge is 0.271 e. The summed E-state index contributed by atoms with van der Waals surface area (Å²) in [6.45, 7) is 0. The molecule has 74 valence electrons. The Kier molecular flexibility index (Phi) is 2.41. The number of aromatic nitrogens is 1. The van der Waals surface area contributed by atoms with Gasteiger partial charge in [-0.2, -0.15) is 0 Å². The van der Waals surface area contributed by atoms with Gasteiger partial charge < -0.3 is 10.5 Å². The van der Waals surface area contributed by atoms with Crippen LogP contribution in [0.15, 0.2) is 16.7 Å². The molecule has 1 heterocycles. The van der Waals surface area contributed by atoms with Crippen molar-refractivity contribution < 1.29 is 9.53 Å². The van der Waals surface area contributed by atoms with Crippen LogP contribution in [-0.2, 0) is 0 Å². The Bertz CT molecular complexity index is 377. The molecule has 1 saturated carbocycles. The van der Waals surface area contributed by atoms with Crippen molar-refractivity contribution >= 4 is 21.8 Å². The first kappa shape index (κ1) is 9.45. The molecule has 0 bridgehead atoms. The lowest BCUT2D eigenvalue weighted by atomic mass is 10.3. The van der Waals surface area contributed by atoms with Crippen molar-refractivity contribution in [3.8, 4) is 5.75 Å². The summed E-state index contributed by atoms with van der Waals surface area (Å²) in [6.07, 6.45) is 3.79. The molecule has 4 nitrogen and oxygen atoms in total. The summed E-state index contributed by atoms with van der Waals surface area (Å²) in [5.74, 6) is -0.107. The molecular weight excluding hydrogens is 248 g/mol. The second kappa shape index (κ2) is 3.57. The van der Waals surface area contributed by atoms with Crippen LogP contribution in [0.25, 0.3) is 0 Å². The fraction of sp³-hybridized carbons (Fsp3) is 0.333. The van der Waals surface area contributed by atoms with E-state index in [0.29, 0.717) is 10.2 Å². The van der Waals surface area contributed by atoms with Crippen LogP contribution in [-0.4, -0.2) is 17.0 Å². The van der Waals surface area contributed by atoms with E-state index in [9.17, 15) is 4.79 Å². The summed E-state index contributed by atoms with van der Waals surface area (Å²) in [6, 6.07) is 1.73. The predicted octanol–water partition coefficient (Wildman–Crippen LogP) is 1.48. The third-order valence-corrected chi connectivity index (χ3v) is 2.52. The number of primary amides is 1. The van der Waals surface area contributed by atoms with Crippen molar-refractivity contribution in [2.75, 3.05) is 0 Å². The van der Waals surface area contributed by atoms with E-state index < -0.39 is 5.91 Å². The van der Waals surface area contributed by atoms with Crippen molar-refractivity contribution in [1.82, 2.24) is 4.98 Å². The molecule has 1 aliphatic rings. The van der Waals surface area contributed by atoms with E-state index in [0.717, 1.165) is 12.8 Å². The van der Waals surface area contributed by atoms with Crippen LogP contribution in [0.2, 0.25) is 0 Å². The lowest BCUT2D eigenvalue weighted by molar-refractivity contribution is 0.0990. The van der Waals surface area contributed by atoms with Gasteiger partial charge in [0.15, 0.2) is 11.4 Å². The average Bonchev–Trinajstić information content (AvgIpc) is 2.91. The molecule has 1 amide bonds. The number of carbonyl (C=O) groups excluding carboxylic acids is 1. The molecule has 5 heteroatoms. The third kappa shape index (κ3) is 1.87. The molecule has 0 atom stereocenters. The molecule has 1 aromatic heterocycles. The molecule has 2 rings (SSSR count). The molecule has 0 saturated heterocycles. The van der Waals surface area contributed by atoms with Crippen LogP contribution in [0.5, 0.6) is 5.75 Å². The second-order valence-electron chi connectivity index (χ2n) is 3.15. The zero-order valence-corrected chi connectivity index (χ0v) is 8.95. The maximum atomic E-state index is 11.0. The highest BCUT2D eigenvalue weighted by atomic mass is 79.9. The van der Waals surface area contributed by atoms with Gasteiger partial charge in [0.05, 0.1) is 10.6 Å². The second-order valence-corrected chi connectivity index (χ2v) is 4.01. The average molecular weight is 257 g/mol. The summed E-state index contributed by atoms with van der Waals surface area (Å²) in [7, 11) is 0. The van der Waals surface area contributed by atoms with Gasteiger partial charge in [-0.25, -0.2) is 4.98 Å². The number of ether oxygens (including phenoxy) is 1. The number of nitrogens with zero attached hydrogens (tertiary/aromatic N) is 1. The molecule has 1 fully saturated rings. The molecule has 1 aliphatic carbocycles. The van der Waals surface area contributed by atoms with Crippen molar-refractivity contribution in [2.45, 2.75) is 18.9 Å². The molecule has 14 heavy (non-hydrogen) atoms. The highest BCUT2D eigenvalue weighted by molar-refractivity contribution is 9.10. The van der Waals surface area contributed by atoms with Gasteiger partial charge in [-0.1, -0.05) is 0 Å². The minimum Gasteiger partial charge on any atom is -0.487 e. The summed E-state index contributed by atoms with van der Waals surface area (Å²) in [5.41, 5.74) is 5.36. The molecule has 0 radical (unpaired) electrons. The fourth-order valence-electron chi connectivity index (χ4n) is 1.06. The van der Waals surface area contributed by atoms with E-state index in [1.807, 2.05) is 0 Å². The predicted molar refractivity (Wildman–Crippen MR) is 54.1 cm³/mol. The Balaban J connectivity index is 2.36. The van der Waals surface area contributed by atoms with Crippen molar-refractivity contribution in [1.29, 1.82) is 0 Å². The van der Waals surface area contributed by atoms with Gasteiger partial charge in [-0.3, -0.25) is 4.79 Å². The zero-order chi connectivity index (χ0) is 10.1. The van der Waals surface area contributed by atoms with E-state index in [2.05, 4.69) is 20.9 Å². The minimum atomic E-state index is -0.568. The summed E-state index contributed by atoms with van der Waals surface area (Å²) in [4.78, 5) is 14.9. The van der Waals surface area contributed by atoms with E-state index in [-0.39, 0.29) is 11.8 Å². The largest absolute Gasteiger partial charge is 0.487 e. The number of rotatable bonds is 3. The summed E-state index contributed by atoms with van der Waals surface area (Å²) >= 11 is 3.30. The number of carbonyl (C=O) groups is 1. The number of halogens is 1. The molecular formula is C9H9BrN2O2. The molecule has 0 aliphatic heterocycles. The lowest BCUT2D eigenvalue weighted by Crippen LogP contribution is -2.15. The first-order chi connectivity index (χ1) is 6.68. The van der Waals surface area contributed by atoms with Gasteiger partial charge in [0.25, 0.3) is 5.91 Å². The quantitative estimate of drug-likeness (QED) is 0.891. The van der Waals surface area contributed by atoms with Gasteiger partial charge in [0.2, 0.25) is 0 Å². The third-order valence-electron chi connectivity index (χ3n) is 1.90. The zero-order valence-electron chi connectivity index (χ0n) is 7.37.